The average molecular weight is 245 g/mol. The second kappa shape index (κ2) is 4.28. The lowest BCUT2D eigenvalue weighted by Crippen LogP contribution is -2.61. The number of carbonyl (C=O) groups is 1. The molecule has 0 amide bonds. The molecule has 0 aliphatic carbocycles. The first-order valence-corrected chi connectivity index (χ1v) is 6.22. The molecule has 0 radical (unpaired) electrons. The van der Waals surface area contributed by atoms with E-state index in [0.717, 1.165) is 39.0 Å². The smallest absolute Gasteiger partial charge is 0.147 e. The van der Waals surface area contributed by atoms with Gasteiger partial charge in [-0.1, -0.05) is 13.3 Å². The third-order valence-electron chi connectivity index (χ3n) is 4.36. The van der Waals surface area contributed by atoms with Crippen molar-refractivity contribution in [2.24, 2.45) is 11.3 Å². The number of Topliss-reactive ketones (excluding diaryl/α,β-unsaturated/α-hetero) is 1. The number of fused-ring (bicyclic) bond motifs is 1. The number of hydrogen-bond donors (Lipinski definition) is 0. The Morgan fingerprint density at radius 1 is 1.25 bits per heavy atom. The molecule has 0 aromatic carbocycles. The maximum atomic E-state index is 12.4. The van der Waals surface area contributed by atoms with E-state index < -0.39 is 0 Å². The Morgan fingerprint density at radius 2 is 1.81 bits per heavy atom. The molecule has 92 valence electrons. The van der Waals surface area contributed by atoms with Crippen molar-refractivity contribution in [1.82, 2.24) is 9.80 Å². The molecule has 2 unspecified atom stereocenters. The maximum absolute atomic E-state index is 12.4. The van der Waals surface area contributed by atoms with Crippen molar-refractivity contribution in [3.05, 3.63) is 0 Å². The Kier molecular flexibility index (Phi) is 3.30. The number of hydrogen-bond acceptors (Lipinski definition) is 3. The molecule has 3 nitrogen and oxygen atoms in total. The van der Waals surface area contributed by atoms with Crippen molar-refractivity contribution in [2.75, 3.05) is 39.3 Å². The van der Waals surface area contributed by atoms with Gasteiger partial charge in [0, 0.05) is 45.2 Å². The van der Waals surface area contributed by atoms with Gasteiger partial charge < -0.3 is 9.80 Å². The van der Waals surface area contributed by atoms with Gasteiger partial charge in [-0.25, -0.2) is 0 Å². The first-order valence-electron chi connectivity index (χ1n) is 6.22. The van der Waals surface area contributed by atoms with Gasteiger partial charge in [-0.15, -0.1) is 12.4 Å². The van der Waals surface area contributed by atoms with Gasteiger partial charge in [0.05, 0.1) is 5.41 Å². The van der Waals surface area contributed by atoms with Crippen molar-refractivity contribution in [2.45, 2.75) is 19.8 Å². The minimum Gasteiger partial charge on any atom is -0.300 e. The van der Waals surface area contributed by atoms with Gasteiger partial charge in [0.15, 0.2) is 0 Å². The Balaban J connectivity index is 0.000000963. The fraction of sp³-hybridized carbons (Fsp3) is 0.917. The predicted octanol–water partition coefficient (Wildman–Crippen LogP) is 1.02. The topological polar surface area (TPSA) is 23.6 Å². The van der Waals surface area contributed by atoms with Crippen molar-refractivity contribution >= 4 is 18.2 Å². The summed E-state index contributed by atoms with van der Waals surface area (Å²) < 4.78 is 0. The van der Waals surface area contributed by atoms with Crippen LogP contribution in [0.25, 0.3) is 0 Å². The number of piperidine rings is 2. The molecule has 0 spiro atoms. The van der Waals surface area contributed by atoms with Crippen LogP contribution in [0, 0.1) is 11.3 Å². The van der Waals surface area contributed by atoms with E-state index in [-0.39, 0.29) is 17.8 Å². The highest BCUT2D eigenvalue weighted by Crippen LogP contribution is 2.40. The average Bonchev–Trinajstić information content (AvgIpc) is 2.43. The summed E-state index contributed by atoms with van der Waals surface area (Å²) in [6, 6.07) is 0. The molecule has 2 atom stereocenters. The van der Waals surface area contributed by atoms with E-state index >= 15 is 0 Å². The normalized spacial score (nSPS) is 45.3. The summed E-state index contributed by atoms with van der Waals surface area (Å²) in [5.41, 5.74) is 0.00637. The van der Waals surface area contributed by atoms with E-state index in [9.17, 15) is 4.79 Å². The third kappa shape index (κ3) is 1.69. The zero-order valence-electron chi connectivity index (χ0n) is 9.95. The lowest BCUT2D eigenvalue weighted by Gasteiger charge is -2.48. The standard InChI is InChI=1S/C12H20N2O.ClH/c1-2-3-12-8-13-4-5-14(9-12)7-10(6-13)11(12)15;/h10H,2-9H2,1H3;1H. The third-order valence-corrected chi connectivity index (χ3v) is 4.36. The van der Waals surface area contributed by atoms with Crippen LogP contribution in [0.4, 0.5) is 0 Å². The first-order chi connectivity index (χ1) is 7.23. The second-order valence-corrected chi connectivity index (χ2v) is 5.56. The summed E-state index contributed by atoms with van der Waals surface area (Å²) in [5, 5.41) is 0. The quantitative estimate of drug-likeness (QED) is 0.725. The summed E-state index contributed by atoms with van der Waals surface area (Å²) in [4.78, 5) is 17.4. The van der Waals surface area contributed by atoms with Gasteiger partial charge in [-0.2, -0.15) is 0 Å². The van der Waals surface area contributed by atoms with Gasteiger partial charge in [0.25, 0.3) is 0 Å². The van der Waals surface area contributed by atoms with E-state index in [1.54, 1.807) is 0 Å². The van der Waals surface area contributed by atoms with Crippen LogP contribution >= 0.6 is 12.4 Å². The summed E-state index contributed by atoms with van der Waals surface area (Å²) in [5.74, 6) is 0.903. The molecular weight excluding hydrogens is 224 g/mol. The zero-order valence-corrected chi connectivity index (χ0v) is 10.8. The molecule has 4 heteroatoms. The Morgan fingerprint density at radius 3 is 2.31 bits per heavy atom. The van der Waals surface area contributed by atoms with Crippen molar-refractivity contribution in [3.63, 3.8) is 0 Å². The van der Waals surface area contributed by atoms with Crippen LogP contribution in [-0.2, 0) is 4.79 Å². The molecule has 0 aromatic rings. The van der Waals surface area contributed by atoms with E-state index in [1.165, 1.54) is 13.1 Å². The fourth-order valence-corrected chi connectivity index (χ4v) is 3.85. The van der Waals surface area contributed by atoms with Crippen LogP contribution in [0.5, 0.6) is 0 Å². The molecule has 4 fully saturated rings. The van der Waals surface area contributed by atoms with Crippen molar-refractivity contribution < 1.29 is 4.79 Å². The Labute approximate surface area is 104 Å². The van der Waals surface area contributed by atoms with Gasteiger partial charge in [0.2, 0.25) is 0 Å². The molecule has 0 N–H and O–H groups in total. The fourth-order valence-electron chi connectivity index (χ4n) is 3.85. The van der Waals surface area contributed by atoms with Gasteiger partial charge in [-0.3, -0.25) is 4.79 Å². The van der Waals surface area contributed by atoms with Gasteiger partial charge in [-0.05, 0) is 6.42 Å². The predicted molar refractivity (Wildman–Crippen MR) is 66.0 cm³/mol. The van der Waals surface area contributed by atoms with Crippen LogP contribution in [0.3, 0.4) is 0 Å². The van der Waals surface area contributed by atoms with Crippen molar-refractivity contribution in [3.8, 4) is 0 Å². The Bertz CT molecular complexity index is 279. The summed E-state index contributed by atoms with van der Waals surface area (Å²) >= 11 is 0. The number of carbonyl (C=O) groups excluding carboxylic acids is 1. The molecule has 4 rings (SSSR count). The highest BCUT2D eigenvalue weighted by molar-refractivity contribution is 5.89. The highest BCUT2D eigenvalue weighted by Gasteiger charge is 2.52. The number of nitrogens with zero attached hydrogens (tertiary/aromatic N) is 2. The summed E-state index contributed by atoms with van der Waals surface area (Å²) in [7, 11) is 0. The molecule has 4 bridgehead atoms. The summed E-state index contributed by atoms with van der Waals surface area (Å²) in [6.45, 7) is 8.68. The monoisotopic (exact) mass is 244 g/mol. The summed E-state index contributed by atoms with van der Waals surface area (Å²) in [6.07, 6.45) is 2.23. The molecule has 16 heavy (non-hydrogen) atoms. The molecule has 0 aromatic heterocycles. The number of halogens is 1. The van der Waals surface area contributed by atoms with E-state index in [4.69, 9.17) is 0 Å². The van der Waals surface area contributed by atoms with E-state index in [0.29, 0.717) is 11.7 Å². The van der Waals surface area contributed by atoms with Crippen molar-refractivity contribution in [1.29, 1.82) is 0 Å². The van der Waals surface area contributed by atoms with Crippen LogP contribution < -0.4 is 0 Å². The lowest BCUT2D eigenvalue weighted by atomic mass is 9.69. The van der Waals surface area contributed by atoms with Gasteiger partial charge >= 0.3 is 0 Å². The molecular formula is C12H21ClN2O. The number of rotatable bonds is 2. The zero-order chi connectivity index (χ0) is 10.5. The van der Waals surface area contributed by atoms with Gasteiger partial charge in [0.1, 0.15) is 5.78 Å². The number of ketones is 1. The van der Waals surface area contributed by atoms with E-state index in [1.807, 2.05) is 0 Å². The first kappa shape index (κ1) is 12.3. The molecule has 4 aliphatic rings. The molecule has 0 saturated carbocycles. The van der Waals surface area contributed by atoms with E-state index in [2.05, 4.69) is 16.7 Å². The minimum absolute atomic E-state index is 0. The molecule has 4 saturated heterocycles. The molecule has 4 aliphatic heterocycles. The van der Waals surface area contributed by atoms with Crippen LogP contribution in [0.15, 0.2) is 0 Å². The largest absolute Gasteiger partial charge is 0.300 e. The van der Waals surface area contributed by atoms with Crippen LogP contribution in [0.2, 0.25) is 0 Å². The minimum atomic E-state index is 0. The Hall–Kier alpha value is -0.120. The van der Waals surface area contributed by atoms with Crippen LogP contribution in [-0.4, -0.2) is 54.9 Å². The second-order valence-electron chi connectivity index (χ2n) is 5.56. The van der Waals surface area contributed by atoms with Crippen LogP contribution in [0.1, 0.15) is 19.8 Å². The molecule has 4 heterocycles. The maximum Gasteiger partial charge on any atom is 0.147 e. The lowest BCUT2D eigenvalue weighted by molar-refractivity contribution is -0.145. The highest BCUT2D eigenvalue weighted by atomic mass is 35.5. The SMILES string of the molecule is CCCC12CN3CCN(CC(C3)C1=O)C2.Cl.